The van der Waals surface area contributed by atoms with E-state index in [1.165, 1.54) is 18.9 Å². The van der Waals surface area contributed by atoms with Crippen LogP contribution in [0.3, 0.4) is 0 Å². The lowest BCUT2D eigenvalue weighted by atomic mass is 10.0. The molecule has 1 N–H and O–H groups in total. The van der Waals surface area contributed by atoms with E-state index in [9.17, 15) is 9.50 Å². The van der Waals surface area contributed by atoms with Crippen molar-refractivity contribution in [3.8, 4) is 0 Å². The topological polar surface area (TPSA) is 20.2 Å². The predicted molar refractivity (Wildman–Crippen MR) is 72.6 cm³/mol. The molecule has 0 radical (unpaired) electrons. The highest BCUT2D eigenvalue weighted by Crippen LogP contribution is 2.18. The second kappa shape index (κ2) is 7.83. The molecule has 0 aliphatic carbocycles. The molecule has 0 amide bonds. The monoisotopic (exact) mass is 302 g/mol. The number of aliphatic hydroxyl groups is 1. The van der Waals surface area contributed by atoms with Crippen LogP contribution in [-0.2, 0) is 6.42 Å². The fourth-order valence-electron chi connectivity index (χ4n) is 1.86. The molecule has 1 nitrogen and oxygen atoms in total. The highest BCUT2D eigenvalue weighted by Gasteiger charge is 2.09. The summed E-state index contributed by atoms with van der Waals surface area (Å²) in [5, 5.41) is 9.84. The lowest BCUT2D eigenvalue weighted by Gasteiger charge is -2.11. The zero-order valence-corrected chi connectivity index (χ0v) is 11.8. The lowest BCUT2D eigenvalue weighted by molar-refractivity contribution is 0.159. The number of halogens is 2. The van der Waals surface area contributed by atoms with Gasteiger partial charge in [0.15, 0.2) is 0 Å². The first-order valence-corrected chi connectivity index (χ1v) is 7.04. The normalized spacial score (nSPS) is 12.7. The SMILES string of the molecule is CCCCCCC(O)Cc1cc(Br)ccc1F. The number of aliphatic hydroxyl groups excluding tert-OH is 1. The van der Waals surface area contributed by atoms with Crippen LogP contribution in [0.1, 0.15) is 44.6 Å². The molecule has 1 rings (SSSR count). The van der Waals surface area contributed by atoms with E-state index in [4.69, 9.17) is 0 Å². The Morgan fingerprint density at radius 2 is 2.06 bits per heavy atom. The molecule has 0 aliphatic rings. The summed E-state index contributed by atoms with van der Waals surface area (Å²) in [5.74, 6) is -0.235. The average Bonchev–Trinajstić information content (AvgIpc) is 2.29. The third-order valence-electron chi connectivity index (χ3n) is 2.85. The zero-order chi connectivity index (χ0) is 12.7. The Bertz CT molecular complexity index is 341. The van der Waals surface area contributed by atoms with Crippen molar-refractivity contribution in [3.63, 3.8) is 0 Å². The van der Waals surface area contributed by atoms with Gasteiger partial charge in [-0.3, -0.25) is 0 Å². The molecule has 0 fully saturated rings. The van der Waals surface area contributed by atoms with Gasteiger partial charge in [0.05, 0.1) is 6.10 Å². The van der Waals surface area contributed by atoms with Gasteiger partial charge in [-0.05, 0) is 30.2 Å². The zero-order valence-electron chi connectivity index (χ0n) is 10.3. The fraction of sp³-hybridized carbons (Fsp3) is 0.571. The van der Waals surface area contributed by atoms with E-state index in [2.05, 4.69) is 22.9 Å². The van der Waals surface area contributed by atoms with E-state index in [0.29, 0.717) is 12.0 Å². The first-order valence-electron chi connectivity index (χ1n) is 6.25. The van der Waals surface area contributed by atoms with Crippen molar-refractivity contribution in [2.45, 2.75) is 51.6 Å². The Hall–Kier alpha value is -0.410. The lowest BCUT2D eigenvalue weighted by Crippen LogP contribution is -2.11. The van der Waals surface area contributed by atoms with Gasteiger partial charge < -0.3 is 5.11 Å². The molecule has 0 saturated heterocycles. The molecule has 1 unspecified atom stereocenters. The minimum Gasteiger partial charge on any atom is -0.393 e. The molecular formula is C14H20BrFO. The van der Waals surface area contributed by atoms with Crippen LogP contribution < -0.4 is 0 Å². The summed E-state index contributed by atoms with van der Waals surface area (Å²) in [4.78, 5) is 0. The number of benzene rings is 1. The van der Waals surface area contributed by atoms with Crippen LogP contribution in [-0.4, -0.2) is 11.2 Å². The van der Waals surface area contributed by atoms with E-state index in [1.54, 1.807) is 12.1 Å². The highest BCUT2D eigenvalue weighted by molar-refractivity contribution is 9.10. The standard InChI is InChI=1S/C14H20BrFO/c1-2-3-4-5-6-13(17)10-11-9-12(15)7-8-14(11)16/h7-9,13,17H,2-6,10H2,1H3. The van der Waals surface area contributed by atoms with E-state index in [0.717, 1.165) is 23.7 Å². The van der Waals surface area contributed by atoms with Gasteiger partial charge in [-0.2, -0.15) is 0 Å². The van der Waals surface area contributed by atoms with Crippen molar-refractivity contribution in [1.29, 1.82) is 0 Å². The molecule has 1 aromatic rings. The predicted octanol–water partition coefficient (Wildman–Crippen LogP) is 4.46. The molecule has 0 heterocycles. The minimum absolute atomic E-state index is 0.235. The van der Waals surface area contributed by atoms with Gasteiger partial charge in [0, 0.05) is 10.9 Å². The van der Waals surface area contributed by atoms with Crippen LogP contribution in [0.4, 0.5) is 4.39 Å². The van der Waals surface area contributed by atoms with Crippen LogP contribution >= 0.6 is 15.9 Å². The molecule has 96 valence electrons. The number of hydrogen-bond donors (Lipinski definition) is 1. The molecule has 1 atom stereocenters. The molecule has 1 aromatic carbocycles. The summed E-state index contributed by atoms with van der Waals surface area (Å²) in [6.07, 6.45) is 5.28. The van der Waals surface area contributed by atoms with Crippen molar-refractivity contribution in [2.75, 3.05) is 0 Å². The third kappa shape index (κ3) is 5.64. The van der Waals surface area contributed by atoms with Gasteiger partial charge in [0.1, 0.15) is 5.82 Å². The summed E-state index contributed by atoms with van der Waals surface area (Å²) in [5.41, 5.74) is 0.586. The summed E-state index contributed by atoms with van der Waals surface area (Å²) in [6, 6.07) is 4.85. The molecule has 0 aliphatic heterocycles. The summed E-state index contributed by atoms with van der Waals surface area (Å²) in [6.45, 7) is 2.16. The average molecular weight is 303 g/mol. The number of rotatable bonds is 7. The van der Waals surface area contributed by atoms with Crippen molar-refractivity contribution in [2.24, 2.45) is 0 Å². The maximum atomic E-state index is 13.4. The molecule has 0 spiro atoms. The molecule has 0 aromatic heterocycles. The van der Waals surface area contributed by atoms with Gasteiger partial charge in [0.2, 0.25) is 0 Å². The van der Waals surface area contributed by atoms with Crippen molar-refractivity contribution >= 4 is 15.9 Å². The largest absolute Gasteiger partial charge is 0.393 e. The number of unbranched alkanes of at least 4 members (excludes halogenated alkanes) is 3. The molecule has 0 saturated carbocycles. The van der Waals surface area contributed by atoms with Crippen molar-refractivity contribution in [1.82, 2.24) is 0 Å². The maximum absolute atomic E-state index is 13.4. The van der Waals surface area contributed by atoms with Crippen molar-refractivity contribution in [3.05, 3.63) is 34.1 Å². The Kier molecular flexibility index (Phi) is 6.75. The summed E-state index contributed by atoms with van der Waals surface area (Å²) in [7, 11) is 0. The van der Waals surface area contributed by atoms with Crippen LogP contribution in [0.2, 0.25) is 0 Å². The van der Waals surface area contributed by atoms with E-state index >= 15 is 0 Å². The van der Waals surface area contributed by atoms with E-state index in [1.807, 2.05) is 0 Å². The first kappa shape index (κ1) is 14.7. The Balaban J connectivity index is 2.39. The molecule has 17 heavy (non-hydrogen) atoms. The Labute approximate surface area is 111 Å². The number of hydrogen-bond acceptors (Lipinski definition) is 1. The van der Waals surface area contributed by atoms with Gasteiger partial charge in [0.25, 0.3) is 0 Å². The quantitative estimate of drug-likeness (QED) is 0.737. The van der Waals surface area contributed by atoms with Crippen molar-refractivity contribution < 1.29 is 9.50 Å². The second-order valence-electron chi connectivity index (χ2n) is 4.44. The van der Waals surface area contributed by atoms with E-state index in [-0.39, 0.29) is 5.82 Å². The first-order chi connectivity index (χ1) is 8.13. The Morgan fingerprint density at radius 1 is 1.29 bits per heavy atom. The van der Waals surface area contributed by atoms with Gasteiger partial charge >= 0.3 is 0 Å². The van der Waals surface area contributed by atoms with Crippen LogP contribution in [0.25, 0.3) is 0 Å². The van der Waals surface area contributed by atoms with Gasteiger partial charge in [-0.25, -0.2) is 4.39 Å². The molecule has 3 heteroatoms. The molecule has 0 bridgehead atoms. The Morgan fingerprint density at radius 3 is 2.76 bits per heavy atom. The highest BCUT2D eigenvalue weighted by atomic mass is 79.9. The van der Waals surface area contributed by atoms with Crippen LogP contribution in [0, 0.1) is 5.82 Å². The smallest absolute Gasteiger partial charge is 0.126 e. The second-order valence-corrected chi connectivity index (χ2v) is 5.36. The van der Waals surface area contributed by atoms with E-state index < -0.39 is 6.10 Å². The third-order valence-corrected chi connectivity index (χ3v) is 3.35. The van der Waals surface area contributed by atoms with Crippen LogP contribution in [0.15, 0.2) is 22.7 Å². The summed E-state index contributed by atoms with van der Waals surface area (Å²) < 4.78 is 14.3. The fourth-order valence-corrected chi connectivity index (χ4v) is 2.27. The maximum Gasteiger partial charge on any atom is 0.126 e. The van der Waals surface area contributed by atoms with Gasteiger partial charge in [-0.1, -0.05) is 48.5 Å². The minimum atomic E-state index is -0.435. The molecular weight excluding hydrogens is 283 g/mol. The van der Waals surface area contributed by atoms with Crippen LogP contribution in [0.5, 0.6) is 0 Å². The van der Waals surface area contributed by atoms with Gasteiger partial charge in [-0.15, -0.1) is 0 Å². The summed E-state index contributed by atoms with van der Waals surface area (Å²) >= 11 is 3.31.